The molecule has 2 N–H and O–H groups in total. The number of aryl methyl sites for hydroxylation is 1. The van der Waals surface area contributed by atoms with Crippen molar-refractivity contribution in [1.29, 1.82) is 0 Å². The number of esters is 1. The van der Waals surface area contributed by atoms with E-state index in [1.165, 1.54) is 18.3 Å². The van der Waals surface area contributed by atoms with Gasteiger partial charge in [0.15, 0.2) is 0 Å². The number of thiazole rings is 1. The minimum absolute atomic E-state index is 0.113. The summed E-state index contributed by atoms with van der Waals surface area (Å²) in [7, 11) is 0. The van der Waals surface area contributed by atoms with Crippen molar-refractivity contribution < 1.29 is 29.3 Å². The summed E-state index contributed by atoms with van der Waals surface area (Å²) >= 11 is 1.53. The van der Waals surface area contributed by atoms with Gasteiger partial charge in [-0.15, -0.1) is 11.3 Å². The van der Waals surface area contributed by atoms with Crippen molar-refractivity contribution >= 4 is 34.9 Å². The van der Waals surface area contributed by atoms with Gasteiger partial charge in [0.2, 0.25) is 0 Å². The van der Waals surface area contributed by atoms with Gasteiger partial charge in [-0.3, -0.25) is 14.4 Å². The van der Waals surface area contributed by atoms with Crippen molar-refractivity contribution in [2.75, 3.05) is 0 Å². The van der Waals surface area contributed by atoms with Crippen LogP contribution in [0, 0.1) is 24.7 Å². The number of allylic oxidation sites excluding steroid dienone is 1. The van der Waals surface area contributed by atoms with E-state index in [0.717, 1.165) is 21.8 Å². The number of nitrogens with zero attached hydrogens (tertiary/aromatic N) is 1. The fraction of sp³-hybridized carbons (Fsp3) is 0.615. The van der Waals surface area contributed by atoms with Crippen LogP contribution in [0.3, 0.4) is 0 Å². The van der Waals surface area contributed by atoms with Crippen molar-refractivity contribution in [3.63, 3.8) is 0 Å². The Kier molecular flexibility index (Phi) is 10.3. The third kappa shape index (κ3) is 7.68. The van der Waals surface area contributed by atoms with Gasteiger partial charge in [0.05, 0.1) is 29.3 Å². The standard InChI is InChI=1S/C26H37NO6S/c1-14-7-9-21(28)16(3)25(31)18(5)26(32)17(4)22(29)12-24(30)33-23(10-8-14)15(2)11-20-13-34-19(6)27-20/h8,11,13,16-18,22-23,25,29,31H,7,9-10,12H2,1-6H3/b14-8-,15-11+/t16-,17?,18-,22-,23-,25?/m0/s1. The topological polar surface area (TPSA) is 114 Å². The van der Waals surface area contributed by atoms with Gasteiger partial charge in [-0.05, 0) is 38.8 Å². The van der Waals surface area contributed by atoms with Crippen LogP contribution in [0.4, 0.5) is 0 Å². The van der Waals surface area contributed by atoms with Crippen molar-refractivity contribution in [1.82, 2.24) is 4.98 Å². The maximum absolute atomic E-state index is 12.8. The van der Waals surface area contributed by atoms with Crippen LogP contribution in [0.5, 0.6) is 0 Å². The summed E-state index contributed by atoms with van der Waals surface area (Å²) in [6.07, 6.45) is 1.70. The molecule has 1 aliphatic heterocycles. The largest absolute Gasteiger partial charge is 0.457 e. The van der Waals surface area contributed by atoms with Crippen LogP contribution >= 0.6 is 11.3 Å². The highest BCUT2D eigenvalue weighted by molar-refractivity contribution is 7.09. The van der Waals surface area contributed by atoms with E-state index in [4.69, 9.17) is 4.74 Å². The molecular formula is C26H37NO6S. The lowest BCUT2D eigenvalue weighted by molar-refractivity contribution is -0.151. The summed E-state index contributed by atoms with van der Waals surface area (Å²) in [6, 6.07) is 0. The Morgan fingerprint density at radius 2 is 1.76 bits per heavy atom. The predicted octanol–water partition coefficient (Wildman–Crippen LogP) is 4.06. The maximum atomic E-state index is 12.8. The molecule has 2 heterocycles. The number of Topliss-reactive ketones (excluding diaryl/α,β-unsaturated/α-hetero) is 2. The van der Waals surface area contributed by atoms with Crippen molar-refractivity contribution in [2.45, 2.75) is 85.5 Å². The molecule has 8 heteroatoms. The van der Waals surface area contributed by atoms with E-state index in [9.17, 15) is 24.6 Å². The van der Waals surface area contributed by atoms with E-state index in [1.54, 1.807) is 13.8 Å². The average molecular weight is 492 g/mol. The molecule has 188 valence electrons. The molecule has 0 aromatic carbocycles. The average Bonchev–Trinajstić information content (AvgIpc) is 3.20. The van der Waals surface area contributed by atoms with E-state index in [1.807, 2.05) is 38.3 Å². The molecule has 0 saturated carbocycles. The fourth-order valence-corrected chi connectivity index (χ4v) is 4.58. The second-order valence-electron chi connectivity index (χ2n) is 9.44. The molecule has 0 fully saturated rings. The molecular weight excluding hydrogens is 454 g/mol. The molecule has 1 aromatic rings. The van der Waals surface area contributed by atoms with Crippen LogP contribution in [0.25, 0.3) is 6.08 Å². The number of hydrogen-bond donors (Lipinski definition) is 2. The predicted molar refractivity (Wildman–Crippen MR) is 132 cm³/mol. The Labute approximate surface area is 205 Å². The zero-order valence-electron chi connectivity index (χ0n) is 20.9. The second kappa shape index (κ2) is 12.5. The zero-order valence-corrected chi connectivity index (χ0v) is 21.7. The molecule has 1 aromatic heterocycles. The summed E-state index contributed by atoms with van der Waals surface area (Å²) in [4.78, 5) is 42.6. The smallest absolute Gasteiger partial charge is 0.309 e. The molecule has 7 nitrogen and oxygen atoms in total. The molecule has 0 radical (unpaired) electrons. The summed E-state index contributed by atoms with van der Waals surface area (Å²) in [5.74, 6) is -3.53. The van der Waals surface area contributed by atoms with E-state index >= 15 is 0 Å². The fourth-order valence-electron chi connectivity index (χ4n) is 4.01. The Balaban J connectivity index is 2.33. The van der Waals surface area contributed by atoms with Gasteiger partial charge in [-0.2, -0.15) is 0 Å². The van der Waals surface area contributed by atoms with E-state index in [-0.39, 0.29) is 24.4 Å². The summed E-state index contributed by atoms with van der Waals surface area (Å²) in [6.45, 7) is 10.4. The molecule has 0 spiro atoms. The van der Waals surface area contributed by atoms with E-state index in [0.29, 0.717) is 12.8 Å². The first-order chi connectivity index (χ1) is 15.9. The van der Waals surface area contributed by atoms with Crippen LogP contribution in [0.15, 0.2) is 22.6 Å². The lowest BCUT2D eigenvalue weighted by Gasteiger charge is -2.27. The molecule has 2 rings (SSSR count). The molecule has 0 saturated heterocycles. The molecule has 6 atom stereocenters. The summed E-state index contributed by atoms with van der Waals surface area (Å²) in [5.41, 5.74) is 2.57. The van der Waals surface area contributed by atoms with Crippen LogP contribution < -0.4 is 0 Å². The highest BCUT2D eigenvalue weighted by atomic mass is 32.1. The minimum atomic E-state index is -1.25. The quantitative estimate of drug-likeness (QED) is 0.474. The number of ketones is 2. The first-order valence-corrected chi connectivity index (χ1v) is 12.7. The normalized spacial score (nSPS) is 32.8. The second-order valence-corrected chi connectivity index (χ2v) is 10.5. The Hall–Kier alpha value is -2.16. The minimum Gasteiger partial charge on any atom is -0.457 e. The van der Waals surface area contributed by atoms with E-state index in [2.05, 4.69) is 4.98 Å². The summed E-state index contributed by atoms with van der Waals surface area (Å²) in [5, 5.41) is 24.0. The molecule has 0 bridgehead atoms. The van der Waals surface area contributed by atoms with Crippen LogP contribution in [-0.4, -0.2) is 51.0 Å². The maximum Gasteiger partial charge on any atom is 0.309 e. The van der Waals surface area contributed by atoms with Crippen LogP contribution in [-0.2, 0) is 19.1 Å². The lowest BCUT2D eigenvalue weighted by Crippen LogP contribution is -2.40. The van der Waals surface area contributed by atoms with Crippen molar-refractivity contribution in [3.8, 4) is 0 Å². The Morgan fingerprint density at radius 3 is 2.38 bits per heavy atom. The van der Waals surface area contributed by atoms with Gasteiger partial charge in [-0.1, -0.05) is 32.4 Å². The van der Waals surface area contributed by atoms with Crippen molar-refractivity contribution in [3.05, 3.63) is 33.3 Å². The monoisotopic (exact) mass is 491 g/mol. The van der Waals surface area contributed by atoms with Gasteiger partial charge in [0, 0.05) is 36.0 Å². The van der Waals surface area contributed by atoms with Gasteiger partial charge < -0.3 is 14.9 Å². The number of ether oxygens (including phenoxy) is 1. The molecule has 1 aliphatic rings. The number of rotatable bonds is 2. The number of aliphatic hydroxyl groups excluding tert-OH is 2. The lowest BCUT2D eigenvalue weighted by atomic mass is 9.81. The number of carbonyl (C=O) groups excluding carboxylic acids is 3. The highest BCUT2D eigenvalue weighted by Crippen LogP contribution is 2.25. The number of carbonyl (C=O) groups is 3. The van der Waals surface area contributed by atoms with Gasteiger partial charge in [-0.25, -0.2) is 4.98 Å². The molecule has 2 unspecified atom stereocenters. The third-order valence-corrected chi connectivity index (χ3v) is 7.41. The first-order valence-electron chi connectivity index (χ1n) is 11.8. The Bertz CT molecular complexity index is 949. The number of cyclic esters (lactones) is 1. The number of aromatic nitrogens is 1. The van der Waals surface area contributed by atoms with Gasteiger partial charge in [0.1, 0.15) is 17.7 Å². The van der Waals surface area contributed by atoms with Crippen LogP contribution in [0.2, 0.25) is 0 Å². The molecule has 34 heavy (non-hydrogen) atoms. The zero-order chi connectivity index (χ0) is 25.6. The van der Waals surface area contributed by atoms with Crippen molar-refractivity contribution in [2.24, 2.45) is 17.8 Å². The summed E-state index contributed by atoms with van der Waals surface area (Å²) < 4.78 is 5.72. The molecule has 0 amide bonds. The highest BCUT2D eigenvalue weighted by Gasteiger charge is 2.36. The molecule has 0 aliphatic carbocycles. The van der Waals surface area contributed by atoms with E-state index < -0.39 is 42.0 Å². The first kappa shape index (κ1) is 28.1. The number of aliphatic hydroxyl groups is 2. The van der Waals surface area contributed by atoms with Gasteiger partial charge in [0.25, 0.3) is 0 Å². The number of hydrogen-bond acceptors (Lipinski definition) is 8. The Morgan fingerprint density at radius 1 is 1.09 bits per heavy atom. The SMILES string of the molecule is C/C1=C/C[C@@H](/C(C)=C/c2csc(C)n2)OC(=O)C[C@H](O)C(C)C(=O)[C@@H](C)C(O)[C@@H](C)C(=O)CC1. The third-order valence-electron chi connectivity index (χ3n) is 6.62. The van der Waals surface area contributed by atoms with Gasteiger partial charge >= 0.3 is 5.97 Å². The van der Waals surface area contributed by atoms with Crippen LogP contribution in [0.1, 0.15) is 71.0 Å².